The number of nitrogens with zero attached hydrogens (tertiary/aromatic N) is 3. The van der Waals surface area contributed by atoms with Crippen molar-refractivity contribution in [2.24, 2.45) is 11.0 Å². The molecule has 2 aliphatic heterocycles. The van der Waals surface area contributed by atoms with Crippen LogP contribution in [0.5, 0.6) is 0 Å². The summed E-state index contributed by atoms with van der Waals surface area (Å²) in [6.07, 6.45) is 0.736. The minimum absolute atomic E-state index is 0.0642. The molecule has 0 saturated carbocycles. The number of carbonyl (C=O) groups is 2. The first kappa shape index (κ1) is 14.6. The van der Waals surface area contributed by atoms with E-state index in [0.29, 0.717) is 0 Å². The molecule has 2 heterocycles. The molecule has 1 aromatic carbocycles. The second-order valence-corrected chi connectivity index (χ2v) is 5.90. The summed E-state index contributed by atoms with van der Waals surface area (Å²) in [5.74, 6) is -0.568. The lowest BCUT2D eigenvalue weighted by Crippen LogP contribution is -2.51. The van der Waals surface area contributed by atoms with Crippen LogP contribution in [0.15, 0.2) is 35.4 Å². The summed E-state index contributed by atoms with van der Waals surface area (Å²) in [4.78, 5) is 24.4. The largest absolute Gasteiger partial charge is 0.280 e. The second kappa shape index (κ2) is 5.44. The first-order valence-electron chi connectivity index (χ1n) is 7.48. The molecule has 22 heavy (non-hydrogen) atoms. The molecule has 0 unspecified atom stereocenters. The Morgan fingerprint density at radius 2 is 2.00 bits per heavy atom. The number of benzene rings is 1. The summed E-state index contributed by atoms with van der Waals surface area (Å²) in [5.41, 5.74) is 4.22. The Hall–Kier alpha value is -2.37. The molecule has 116 valence electrons. The lowest BCUT2D eigenvalue weighted by Gasteiger charge is -2.36. The molecule has 1 fully saturated rings. The summed E-state index contributed by atoms with van der Waals surface area (Å²) >= 11 is 0. The van der Waals surface area contributed by atoms with Gasteiger partial charge < -0.3 is 0 Å². The van der Waals surface area contributed by atoms with E-state index in [2.05, 4.69) is 17.5 Å². The van der Waals surface area contributed by atoms with Crippen LogP contribution in [0.2, 0.25) is 0 Å². The Kier molecular flexibility index (Phi) is 3.60. The zero-order chi connectivity index (χ0) is 15.9. The van der Waals surface area contributed by atoms with Gasteiger partial charge in [-0.1, -0.05) is 18.2 Å². The van der Waals surface area contributed by atoms with Crippen LogP contribution in [0.1, 0.15) is 27.2 Å². The van der Waals surface area contributed by atoms with Crippen LogP contribution in [0.25, 0.3) is 0 Å². The van der Waals surface area contributed by atoms with Crippen molar-refractivity contribution in [1.29, 1.82) is 0 Å². The van der Waals surface area contributed by atoms with E-state index in [-0.39, 0.29) is 29.8 Å². The molecule has 0 aromatic heterocycles. The predicted molar refractivity (Wildman–Crippen MR) is 84.0 cm³/mol. The van der Waals surface area contributed by atoms with Crippen molar-refractivity contribution >= 4 is 23.2 Å². The molecule has 3 atom stereocenters. The molecule has 1 saturated heterocycles. The fourth-order valence-electron chi connectivity index (χ4n) is 3.47. The van der Waals surface area contributed by atoms with Crippen molar-refractivity contribution in [2.45, 2.75) is 39.3 Å². The third-order valence-corrected chi connectivity index (χ3v) is 4.35. The number of nitrogens with one attached hydrogen (secondary N) is 1. The Balaban J connectivity index is 1.98. The lowest BCUT2D eigenvalue weighted by atomic mass is 9.91. The maximum Gasteiger partial charge on any atom is 0.251 e. The Morgan fingerprint density at radius 3 is 2.55 bits per heavy atom. The van der Waals surface area contributed by atoms with Crippen molar-refractivity contribution in [3.8, 4) is 0 Å². The normalized spacial score (nSPS) is 27.9. The van der Waals surface area contributed by atoms with E-state index in [0.717, 1.165) is 17.8 Å². The van der Waals surface area contributed by atoms with Gasteiger partial charge in [-0.15, -0.1) is 0 Å². The number of hydrazine groups is 1. The van der Waals surface area contributed by atoms with Crippen LogP contribution in [-0.4, -0.2) is 34.6 Å². The fourth-order valence-corrected chi connectivity index (χ4v) is 3.47. The molecule has 0 aliphatic carbocycles. The molecule has 2 amide bonds. The Morgan fingerprint density at radius 1 is 1.32 bits per heavy atom. The van der Waals surface area contributed by atoms with Gasteiger partial charge >= 0.3 is 0 Å². The highest BCUT2D eigenvalue weighted by Gasteiger charge is 2.47. The molecule has 6 nitrogen and oxygen atoms in total. The van der Waals surface area contributed by atoms with Crippen LogP contribution in [-0.2, 0) is 9.59 Å². The topological polar surface area (TPSA) is 65.0 Å². The van der Waals surface area contributed by atoms with E-state index in [1.165, 1.54) is 0 Å². The minimum Gasteiger partial charge on any atom is -0.280 e. The van der Waals surface area contributed by atoms with E-state index in [9.17, 15) is 9.59 Å². The van der Waals surface area contributed by atoms with Gasteiger partial charge in [0.2, 0.25) is 5.91 Å². The molecule has 1 N–H and O–H groups in total. The molecule has 0 radical (unpaired) electrons. The highest BCUT2D eigenvalue weighted by atomic mass is 16.2. The van der Waals surface area contributed by atoms with Gasteiger partial charge in [-0.25, -0.2) is 10.4 Å². The van der Waals surface area contributed by atoms with E-state index in [1.54, 1.807) is 11.9 Å². The summed E-state index contributed by atoms with van der Waals surface area (Å²) in [7, 11) is 0. The third kappa shape index (κ3) is 2.24. The quantitative estimate of drug-likeness (QED) is 0.901. The first-order valence-corrected chi connectivity index (χ1v) is 7.48. The van der Waals surface area contributed by atoms with Gasteiger partial charge in [-0.3, -0.25) is 14.6 Å². The Bertz CT molecular complexity index is 628. The summed E-state index contributed by atoms with van der Waals surface area (Å²) in [6.45, 7) is 5.44. The van der Waals surface area contributed by atoms with Crippen LogP contribution in [0.4, 0.5) is 5.69 Å². The van der Waals surface area contributed by atoms with Gasteiger partial charge in [0.15, 0.2) is 0 Å². The maximum atomic E-state index is 12.3. The van der Waals surface area contributed by atoms with Gasteiger partial charge in [0.05, 0.1) is 11.7 Å². The van der Waals surface area contributed by atoms with Crippen LogP contribution >= 0.6 is 0 Å². The molecular weight excluding hydrogens is 280 g/mol. The van der Waals surface area contributed by atoms with Crippen molar-refractivity contribution in [2.75, 3.05) is 5.01 Å². The van der Waals surface area contributed by atoms with Gasteiger partial charge in [0.1, 0.15) is 5.92 Å². The maximum absolute atomic E-state index is 12.3. The number of hydrazone groups is 1. The minimum atomic E-state index is -0.375. The molecular formula is C16H20N4O2. The number of para-hydroxylation sites is 1. The molecule has 0 spiro atoms. The summed E-state index contributed by atoms with van der Waals surface area (Å²) in [6, 6.07) is 9.73. The van der Waals surface area contributed by atoms with Gasteiger partial charge in [-0.05, 0) is 32.4 Å². The SMILES string of the molecule is CC(=O)N1[C@H]([C@@H]2C(=O)NN=C2C)C[C@H](C)N1c1ccccc1. The van der Waals surface area contributed by atoms with E-state index in [1.807, 2.05) is 42.3 Å². The monoisotopic (exact) mass is 300 g/mol. The molecule has 6 heteroatoms. The number of hydrogen-bond acceptors (Lipinski definition) is 4. The number of anilines is 1. The van der Waals surface area contributed by atoms with Crippen molar-refractivity contribution < 1.29 is 9.59 Å². The summed E-state index contributed by atoms with van der Waals surface area (Å²) in [5, 5.41) is 7.73. The number of rotatable bonds is 2. The van der Waals surface area contributed by atoms with E-state index in [4.69, 9.17) is 0 Å². The molecule has 1 aromatic rings. The average Bonchev–Trinajstić information content (AvgIpc) is 2.99. The van der Waals surface area contributed by atoms with Crippen molar-refractivity contribution in [3.63, 3.8) is 0 Å². The van der Waals surface area contributed by atoms with Crippen LogP contribution in [0.3, 0.4) is 0 Å². The van der Waals surface area contributed by atoms with E-state index < -0.39 is 0 Å². The fraction of sp³-hybridized carbons (Fsp3) is 0.438. The van der Waals surface area contributed by atoms with Crippen LogP contribution in [0, 0.1) is 5.92 Å². The number of hydrogen-bond donors (Lipinski definition) is 1. The van der Waals surface area contributed by atoms with Gasteiger partial charge in [0, 0.05) is 18.7 Å². The Labute approximate surface area is 129 Å². The highest BCUT2D eigenvalue weighted by Crippen LogP contribution is 2.35. The van der Waals surface area contributed by atoms with Gasteiger partial charge in [0.25, 0.3) is 5.91 Å². The highest BCUT2D eigenvalue weighted by molar-refractivity contribution is 6.08. The predicted octanol–water partition coefficient (Wildman–Crippen LogP) is 1.54. The standard InChI is InChI=1S/C16H20N4O2/c1-10-9-14(15-11(2)17-18-16(15)22)20(12(3)21)19(10)13-7-5-4-6-8-13/h4-8,10,14-15H,9H2,1-3H3,(H,18,22)/t10-,14-,15+/m0/s1. The number of amides is 2. The zero-order valence-electron chi connectivity index (χ0n) is 13.0. The number of carbonyl (C=O) groups excluding carboxylic acids is 2. The smallest absolute Gasteiger partial charge is 0.251 e. The van der Waals surface area contributed by atoms with Crippen LogP contribution < -0.4 is 10.4 Å². The van der Waals surface area contributed by atoms with Gasteiger partial charge in [-0.2, -0.15) is 5.10 Å². The summed E-state index contributed by atoms with van der Waals surface area (Å²) < 4.78 is 0. The molecule has 3 rings (SSSR count). The molecule has 0 bridgehead atoms. The van der Waals surface area contributed by atoms with Crippen molar-refractivity contribution in [1.82, 2.24) is 10.4 Å². The lowest BCUT2D eigenvalue weighted by molar-refractivity contribution is -0.132. The van der Waals surface area contributed by atoms with E-state index >= 15 is 0 Å². The third-order valence-electron chi connectivity index (χ3n) is 4.35. The first-order chi connectivity index (χ1) is 10.5. The zero-order valence-corrected chi connectivity index (χ0v) is 13.0. The average molecular weight is 300 g/mol. The second-order valence-electron chi connectivity index (χ2n) is 5.90. The molecule has 2 aliphatic rings. The van der Waals surface area contributed by atoms with Crippen molar-refractivity contribution in [3.05, 3.63) is 30.3 Å².